The summed E-state index contributed by atoms with van der Waals surface area (Å²) in [6.07, 6.45) is 0.986. The summed E-state index contributed by atoms with van der Waals surface area (Å²) in [6, 6.07) is 14.8. The average Bonchev–Trinajstić information content (AvgIpc) is 2.59. The smallest absolute Gasteiger partial charge is 0.411 e. The number of hydrogen-bond donors (Lipinski definition) is 1. The second-order valence-electron chi connectivity index (χ2n) is 5.42. The average molecular weight is 430 g/mol. The normalized spacial score (nSPS) is 11.4. The summed E-state index contributed by atoms with van der Waals surface area (Å²) in [7, 11) is 0. The molecule has 134 valence electrons. The molecule has 1 heterocycles. The third-order valence-corrected chi connectivity index (χ3v) is 4.06. The molecule has 0 spiro atoms. The Morgan fingerprint density at radius 3 is 2.69 bits per heavy atom. The summed E-state index contributed by atoms with van der Waals surface area (Å²) in [5.74, 6) is 0. The lowest BCUT2D eigenvalue weighted by Gasteiger charge is -2.15. The van der Waals surface area contributed by atoms with Crippen LogP contribution in [0.1, 0.15) is 0 Å². The van der Waals surface area contributed by atoms with Gasteiger partial charge in [-0.1, -0.05) is 64.6 Å². The van der Waals surface area contributed by atoms with Crippen LogP contribution in [0.2, 0.25) is 5.02 Å². The second-order valence-corrected chi connectivity index (χ2v) is 8.37. The number of amides is 1. The van der Waals surface area contributed by atoms with E-state index in [9.17, 15) is 4.79 Å². The van der Waals surface area contributed by atoms with Gasteiger partial charge in [0.05, 0.1) is 11.2 Å². The maximum absolute atomic E-state index is 12.0. The zero-order chi connectivity index (χ0) is 18.7. The SMILES string of the molecule is O=C(Nc1cc(Cl)ccc1-c1ccc2ncccc2c1)OCC(Cl)(Cl)Cl. The number of pyridine rings is 1. The lowest BCUT2D eigenvalue weighted by atomic mass is 10.0. The van der Waals surface area contributed by atoms with Crippen LogP contribution < -0.4 is 5.32 Å². The Hall–Kier alpha value is -1.72. The molecule has 0 fully saturated rings. The Labute approximate surface area is 170 Å². The van der Waals surface area contributed by atoms with Gasteiger partial charge in [-0.2, -0.15) is 0 Å². The molecule has 0 aliphatic rings. The van der Waals surface area contributed by atoms with Crippen LogP contribution in [-0.2, 0) is 4.74 Å². The second kappa shape index (κ2) is 7.89. The number of ether oxygens (including phenoxy) is 1. The molecule has 0 bridgehead atoms. The van der Waals surface area contributed by atoms with E-state index in [1.807, 2.05) is 36.4 Å². The van der Waals surface area contributed by atoms with Crippen molar-refractivity contribution in [3.05, 3.63) is 59.8 Å². The third kappa shape index (κ3) is 4.92. The largest absolute Gasteiger partial charge is 0.445 e. The van der Waals surface area contributed by atoms with E-state index in [1.54, 1.807) is 18.3 Å². The van der Waals surface area contributed by atoms with Crippen molar-refractivity contribution in [1.29, 1.82) is 0 Å². The molecule has 26 heavy (non-hydrogen) atoms. The third-order valence-electron chi connectivity index (χ3n) is 3.50. The minimum Gasteiger partial charge on any atom is -0.445 e. The number of alkyl halides is 3. The number of aromatic nitrogens is 1. The summed E-state index contributed by atoms with van der Waals surface area (Å²) in [6.45, 7) is -0.374. The minimum absolute atomic E-state index is 0.374. The molecule has 4 nitrogen and oxygen atoms in total. The predicted molar refractivity (Wildman–Crippen MR) is 107 cm³/mol. The first kappa shape index (κ1) is 19.1. The van der Waals surface area contributed by atoms with Crippen LogP contribution in [-0.4, -0.2) is 21.5 Å². The highest BCUT2D eigenvalue weighted by Gasteiger charge is 2.22. The fourth-order valence-corrected chi connectivity index (χ4v) is 2.74. The van der Waals surface area contributed by atoms with Gasteiger partial charge in [0.25, 0.3) is 0 Å². The molecule has 0 aliphatic heterocycles. The number of carbonyl (C=O) groups is 1. The molecule has 0 atom stereocenters. The van der Waals surface area contributed by atoms with Crippen LogP contribution in [0.15, 0.2) is 54.7 Å². The van der Waals surface area contributed by atoms with Gasteiger partial charge >= 0.3 is 6.09 Å². The zero-order valence-electron chi connectivity index (χ0n) is 13.2. The Bertz CT molecular complexity index is 957. The van der Waals surface area contributed by atoms with Crippen molar-refractivity contribution in [2.24, 2.45) is 0 Å². The van der Waals surface area contributed by atoms with E-state index in [1.165, 1.54) is 0 Å². The summed E-state index contributed by atoms with van der Waals surface area (Å²) in [4.78, 5) is 16.3. The van der Waals surface area contributed by atoms with Crippen LogP contribution >= 0.6 is 46.4 Å². The molecule has 0 unspecified atom stereocenters. The van der Waals surface area contributed by atoms with Crippen molar-refractivity contribution in [1.82, 2.24) is 4.98 Å². The van der Waals surface area contributed by atoms with E-state index in [-0.39, 0.29) is 6.61 Å². The van der Waals surface area contributed by atoms with Crippen LogP contribution in [0.3, 0.4) is 0 Å². The quantitative estimate of drug-likeness (QED) is 0.485. The first-order valence-corrected chi connectivity index (χ1v) is 8.98. The number of anilines is 1. The number of carbonyl (C=O) groups excluding carboxylic acids is 1. The maximum atomic E-state index is 12.0. The Kier molecular flexibility index (Phi) is 5.78. The van der Waals surface area contributed by atoms with Gasteiger partial charge in [0.1, 0.15) is 6.61 Å². The Balaban J connectivity index is 1.91. The molecular weight excluding hydrogens is 418 g/mol. The molecule has 1 amide bonds. The van der Waals surface area contributed by atoms with E-state index in [2.05, 4.69) is 10.3 Å². The topological polar surface area (TPSA) is 51.2 Å². The fourth-order valence-electron chi connectivity index (χ4n) is 2.41. The number of benzene rings is 2. The highest BCUT2D eigenvalue weighted by atomic mass is 35.6. The Morgan fingerprint density at radius 2 is 1.92 bits per heavy atom. The fraction of sp³-hybridized carbons (Fsp3) is 0.111. The molecule has 0 saturated carbocycles. The first-order chi connectivity index (χ1) is 12.3. The summed E-state index contributed by atoms with van der Waals surface area (Å²) >= 11 is 22.8. The lowest BCUT2D eigenvalue weighted by molar-refractivity contribution is 0.164. The Morgan fingerprint density at radius 1 is 1.12 bits per heavy atom. The summed E-state index contributed by atoms with van der Waals surface area (Å²) in [5, 5.41) is 4.08. The molecule has 0 radical (unpaired) electrons. The van der Waals surface area contributed by atoms with E-state index in [0.717, 1.165) is 22.0 Å². The minimum atomic E-state index is -1.68. The van der Waals surface area contributed by atoms with Gasteiger partial charge < -0.3 is 4.74 Å². The van der Waals surface area contributed by atoms with Gasteiger partial charge in [-0.3, -0.25) is 10.3 Å². The highest BCUT2D eigenvalue weighted by Crippen LogP contribution is 2.33. The number of hydrogen-bond acceptors (Lipinski definition) is 3. The first-order valence-electron chi connectivity index (χ1n) is 7.47. The van der Waals surface area contributed by atoms with Crippen molar-refractivity contribution in [2.75, 3.05) is 11.9 Å². The highest BCUT2D eigenvalue weighted by molar-refractivity contribution is 6.67. The van der Waals surface area contributed by atoms with Crippen LogP contribution in [0.25, 0.3) is 22.0 Å². The standard InChI is InChI=1S/C18H12Cl4N2O2/c19-13-4-5-14(11-3-6-15-12(8-11)2-1-7-23-15)16(9-13)24-17(25)26-10-18(20,21)22/h1-9H,10H2,(H,24,25). The van der Waals surface area contributed by atoms with E-state index in [4.69, 9.17) is 51.1 Å². The molecule has 3 rings (SSSR count). The number of nitrogens with zero attached hydrogens (tertiary/aromatic N) is 1. The van der Waals surface area contributed by atoms with Crippen LogP contribution in [0, 0.1) is 0 Å². The molecular formula is C18H12Cl4N2O2. The number of halogens is 4. The zero-order valence-corrected chi connectivity index (χ0v) is 16.2. The monoisotopic (exact) mass is 428 g/mol. The van der Waals surface area contributed by atoms with Crippen LogP contribution in [0.4, 0.5) is 10.5 Å². The van der Waals surface area contributed by atoms with Gasteiger partial charge in [-0.05, 0) is 35.9 Å². The van der Waals surface area contributed by atoms with Gasteiger partial charge in [-0.25, -0.2) is 4.79 Å². The molecule has 3 aromatic rings. The predicted octanol–water partition coefficient (Wildman–Crippen LogP) is 6.47. The van der Waals surface area contributed by atoms with Crippen molar-refractivity contribution >= 4 is 69.1 Å². The number of rotatable bonds is 3. The number of fused-ring (bicyclic) bond motifs is 1. The van der Waals surface area contributed by atoms with E-state index >= 15 is 0 Å². The molecule has 2 aromatic carbocycles. The van der Waals surface area contributed by atoms with Crippen molar-refractivity contribution in [3.63, 3.8) is 0 Å². The van der Waals surface area contributed by atoms with E-state index in [0.29, 0.717) is 10.7 Å². The van der Waals surface area contributed by atoms with Gasteiger partial charge in [0, 0.05) is 22.2 Å². The molecule has 8 heteroatoms. The maximum Gasteiger partial charge on any atom is 0.411 e. The van der Waals surface area contributed by atoms with Crippen molar-refractivity contribution in [3.8, 4) is 11.1 Å². The van der Waals surface area contributed by atoms with Crippen molar-refractivity contribution < 1.29 is 9.53 Å². The van der Waals surface area contributed by atoms with Gasteiger partial charge in [0.2, 0.25) is 3.79 Å². The van der Waals surface area contributed by atoms with Gasteiger partial charge in [-0.15, -0.1) is 0 Å². The van der Waals surface area contributed by atoms with Crippen molar-refractivity contribution in [2.45, 2.75) is 3.79 Å². The van der Waals surface area contributed by atoms with Crippen LogP contribution in [0.5, 0.6) is 0 Å². The number of nitrogens with one attached hydrogen (secondary N) is 1. The van der Waals surface area contributed by atoms with Gasteiger partial charge in [0.15, 0.2) is 0 Å². The van der Waals surface area contributed by atoms with E-state index < -0.39 is 9.89 Å². The summed E-state index contributed by atoms with van der Waals surface area (Å²) in [5.41, 5.74) is 3.02. The lowest BCUT2D eigenvalue weighted by Crippen LogP contribution is -2.21. The molecule has 0 saturated heterocycles. The molecule has 1 N–H and O–H groups in total. The molecule has 0 aliphatic carbocycles. The molecule has 1 aromatic heterocycles. The summed E-state index contributed by atoms with van der Waals surface area (Å²) < 4.78 is 3.23.